The number of hydrogen-bond acceptors (Lipinski definition) is 10. The van der Waals surface area contributed by atoms with E-state index in [1.54, 1.807) is 0 Å². The quantitative estimate of drug-likeness (QED) is 0.186. The molecule has 0 amide bonds. The fraction of sp³-hybridized carbons (Fsp3) is 0.125. The van der Waals surface area contributed by atoms with Gasteiger partial charge in [-0.15, -0.1) is 0 Å². The number of carbonyl (C=O) groups is 3. The summed E-state index contributed by atoms with van der Waals surface area (Å²) in [6.07, 6.45) is 0. The molecule has 0 aliphatic carbocycles. The van der Waals surface area contributed by atoms with E-state index in [-0.39, 0.29) is 16.7 Å². The van der Waals surface area contributed by atoms with Crippen LogP contribution in [-0.4, -0.2) is 68.8 Å². The number of rotatable bonds is 9. The van der Waals surface area contributed by atoms with E-state index in [2.05, 4.69) is 0 Å². The van der Waals surface area contributed by atoms with Crippen LogP contribution in [-0.2, 0) is 19.6 Å². The molecule has 0 atom stereocenters. The Kier molecular flexibility index (Phi) is 7.30. The molecule has 13 heteroatoms. The number of hydrogen-bond donors (Lipinski definition) is 9. The zero-order valence-electron chi connectivity index (χ0n) is 18.8. The first-order chi connectivity index (χ1) is 17.3. The molecule has 0 saturated heterocycles. The zero-order chi connectivity index (χ0) is 27.6. The number of phenolic OH excluding ortho intramolecular Hbond substituents is 3. The maximum atomic E-state index is 11.4. The summed E-state index contributed by atoms with van der Waals surface area (Å²) in [6, 6.07) is 5.57. The second-order valence-electron chi connectivity index (χ2n) is 8.06. The van der Waals surface area contributed by atoms with E-state index < -0.39 is 88.7 Å². The van der Waals surface area contributed by atoms with Crippen molar-refractivity contribution in [2.75, 3.05) is 0 Å². The van der Waals surface area contributed by atoms with Crippen LogP contribution in [0.15, 0.2) is 36.4 Å². The molecule has 3 aromatic rings. The molecule has 3 aromatic carbocycles. The van der Waals surface area contributed by atoms with Gasteiger partial charge in [-0.2, -0.15) is 0 Å². The highest BCUT2D eigenvalue weighted by molar-refractivity contribution is 5.93. The minimum atomic E-state index is -1.55. The third-order valence-corrected chi connectivity index (χ3v) is 5.39. The fourth-order valence-electron chi connectivity index (χ4n) is 3.77. The summed E-state index contributed by atoms with van der Waals surface area (Å²) < 4.78 is 0. The zero-order valence-corrected chi connectivity index (χ0v) is 18.8. The number of nitrogens with zero attached hydrogens (tertiary/aromatic N) is 1. The molecule has 0 unspecified atom stereocenters. The fourth-order valence-corrected chi connectivity index (χ4v) is 3.77. The number of carboxylic acid groups (broad SMARTS) is 3. The van der Waals surface area contributed by atoms with Gasteiger partial charge in [0, 0.05) is 36.3 Å². The SMILES string of the molecule is O=C(O)c1cc(O)cc(CN(Cc2cc(O)cc(C(=O)O)c2O)Cc2cc(O)cc(C(=O)O)c2O)c1O. The highest BCUT2D eigenvalue weighted by Crippen LogP contribution is 2.35. The van der Waals surface area contributed by atoms with Gasteiger partial charge in [-0.3, -0.25) is 4.90 Å². The summed E-state index contributed by atoms with van der Waals surface area (Å²) in [7, 11) is 0. The van der Waals surface area contributed by atoms with Crippen LogP contribution in [0.5, 0.6) is 34.5 Å². The van der Waals surface area contributed by atoms with Gasteiger partial charge in [0.25, 0.3) is 0 Å². The first kappa shape index (κ1) is 26.4. The third kappa shape index (κ3) is 5.74. The van der Waals surface area contributed by atoms with Crippen molar-refractivity contribution in [3.63, 3.8) is 0 Å². The lowest BCUT2D eigenvalue weighted by Crippen LogP contribution is -2.23. The summed E-state index contributed by atoms with van der Waals surface area (Å²) in [4.78, 5) is 35.6. The summed E-state index contributed by atoms with van der Waals surface area (Å²) in [5, 5.41) is 89.1. The highest BCUT2D eigenvalue weighted by Gasteiger charge is 2.23. The third-order valence-electron chi connectivity index (χ3n) is 5.39. The van der Waals surface area contributed by atoms with Gasteiger partial charge in [0.2, 0.25) is 0 Å². The van der Waals surface area contributed by atoms with Gasteiger partial charge in [0.15, 0.2) is 0 Å². The van der Waals surface area contributed by atoms with Crippen LogP contribution in [0.4, 0.5) is 0 Å². The number of phenols is 6. The van der Waals surface area contributed by atoms with E-state index >= 15 is 0 Å². The van der Waals surface area contributed by atoms with Crippen LogP contribution >= 0.6 is 0 Å². The van der Waals surface area contributed by atoms with E-state index in [4.69, 9.17) is 0 Å². The normalized spacial score (nSPS) is 10.9. The lowest BCUT2D eigenvalue weighted by molar-refractivity contribution is 0.0682. The summed E-state index contributed by atoms with van der Waals surface area (Å²) in [6.45, 7) is -1.18. The van der Waals surface area contributed by atoms with Crippen LogP contribution in [0, 0.1) is 0 Å². The maximum absolute atomic E-state index is 11.4. The molecular weight excluding hydrogens is 494 g/mol. The van der Waals surface area contributed by atoms with Crippen molar-refractivity contribution in [3.8, 4) is 34.5 Å². The van der Waals surface area contributed by atoms with E-state index in [1.807, 2.05) is 0 Å². The van der Waals surface area contributed by atoms with Gasteiger partial charge in [-0.05, 0) is 36.4 Å². The molecule has 13 nitrogen and oxygen atoms in total. The monoisotopic (exact) mass is 515 g/mol. The minimum absolute atomic E-state index is 0.131. The van der Waals surface area contributed by atoms with Gasteiger partial charge in [-0.1, -0.05) is 0 Å². The lowest BCUT2D eigenvalue weighted by atomic mass is 10.0. The van der Waals surface area contributed by atoms with Crippen LogP contribution < -0.4 is 0 Å². The Morgan fingerprint density at radius 1 is 0.486 bits per heavy atom. The molecular formula is C24H21NO12. The molecule has 194 valence electrons. The standard InChI is InChI=1S/C24H21NO12/c26-13-1-10(19(29)16(4-13)22(32)33)7-25(8-11-2-14(27)5-17(20(11)30)23(34)35)9-12-3-15(28)6-18(21(12)31)24(36)37/h1-6,26-31H,7-9H2,(H,32,33)(H,34,35)(H,36,37). The topological polar surface area (TPSA) is 237 Å². The highest BCUT2D eigenvalue weighted by atomic mass is 16.4. The molecule has 0 fully saturated rings. The molecule has 9 N–H and O–H groups in total. The van der Waals surface area contributed by atoms with Crippen molar-refractivity contribution >= 4 is 17.9 Å². The Morgan fingerprint density at radius 3 is 0.946 bits per heavy atom. The minimum Gasteiger partial charge on any atom is -0.508 e. The Labute approximate surface area is 207 Å². The van der Waals surface area contributed by atoms with Crippen molar-refractivity contribution in [1.82, 2.24) is 4.90 Å². The molecule has 0 bridgehead atoms. The van der Waals surface area contributed by atoms with Crippen LogP contribution in [0.1, 0.15) is 47.8 Å². The second kappa shape index (κ2) is 10.2. The molecule has 0 heterocycles. The number of aromatic carboxylic acids is 3. The van der Waals surface area contributed by atoms with Gasteiger partial charge in [0.05, 0.1) is 0 Å². The summed E-state index contributed by atoms with van der Waals surface area (Å²) in [5.74, 6) is -8.31. The average Bonchev–Trinajstić information content (AvgIpc) is 2.79. The van der Waals surface area contributed by atoms with Gasteiger partial charge in [0.1, 0.15) is 51.2 Å². The molecule has 0 aromatic heterocycles. The molecule has 0 aliphatic rings. The van der Waals surface area contributed by atoms with Crippen LogP contribution in [0.25, 0.3) is 0 Å². The van der Waals surface area contributed by atoms with Gasteiger partial charge in [-0.25, -0.2) is 14.4 Å². The summed E-state index contributed by atoms with van der Waals surface area (Å²) in [5.41, 5.74) is -2.28. The van der Waals surface area contributed by atoms with Crippen LogP contribution in [0.3, 0.4) is 0 Å². The van der Waals surface area contributed by atoms with Gasteiger partial charge < -0.3 is 46.0 Å². The van der Waals surface area contributed by atoms with E-state index in [0.29, 0.717) is 0 Å². The number of carboxylic acids is 3. The first-order valence-electron chi connectivity index (χ1n) is 10.3. The van der Waals surface area contributed by atoms with E-state index in [1.165, 1.54) is 4.90 Å². The van der Waals surface area contributed by atoms with Crippen molar-refractivity contribution in [1.29, 1.82) is 0 Å². The second-order valence-corrected chi connectivity index (χ2v) is 8.06. The van der Waals surface area contributed by atoms with E-state index in [9.17, 15) is 60.3 Å². The molecule has 0 aliphatic heterocycles. The summed E-state index contributed by atoms with van der Waals surface area (Å²) >= 11 is 0. The molecule has 0 radical (unpaired) electrons. The number of benzene rings is 3. The Morgan fingerprint density at radius 2 is 0.730 bits per heavy atom. The molecule has 0 saturated carbocycles. The van der Waals surface area contributed by atoms with Crippen molar-refractivity contribution in [2.45, 2.75) is 19.6 Å². The Bertz CT molecular complexity index is 1250. The van der Waals surface area contributed by atoms with E-state index in [0.717, 1.165) is 36.4 Å². The Hall–Kier alpha value is -5.17. The first-order valence-corrected chi connectivity index (χ1v) is 10.3. The predicted molar refractivity (Wildman–Crippen MR) is 123 cm³/mol. The molecule has 37 heavy (non-hydrogen) atoms. The largest absolute Gasteiger partial charge is 0.508 e. The van der Waals surface area contributed by atoms with Crippen LogP contribution in [0.2, 0.25) is 0 Å². The van der Waals surface area contributed by atoms with Crippen molar-refractivity contribution < 1.29 is 60.3 Å². The maximum Gasteiger partial charge on any atom is 0.339 e. The van der Waals surface area contributed by atoms with Crippen molar-refractivity contribution in [3.05, 3.63) is 69.8 Å². The smallest absolute Gasteiger partial charge is 0.339 e. The molecule has 0 spiro atoms. The lowest BCUT2D eigenvalue weighted by Gasteiger charge is -2.25. The van der Waals surface area contributed by atoms with Crippen molar-refractivity contribution in [2.24, 2.45) is 0 Å². The number of aromatic hydroxyl groups is 6. The predicted octanol–water partition coefficient (Wildman–Crippen LogP) is 2.22. The Balaban J connectivity index is 2.13. The van der Waals surface area contributed by atoms with Gasteiger partial charge >= 0.3 is 17.9 Å². The average molecular weight is 515 g/mol. The molecule has 3 rings (SSSR count).